The zero-order chi connectivity index (χ0) is 14.5. The van der Waals surface area contributed by atoms with E-state index in [0.29, 0.717) is 21.6 Å². The first-order valence-electron chi connectivity index (χ1n) is 5.94. The maximum atomic E-state index is 11.6. The van der Waals surface area contributed by atoms with Gasteiger partial charge in [0, 0.05) is 17.8 Å². The predicted molar refractivity (Wildman–Crippen MR) is 78.5 cm³/mol. The number of aromatic amines is 1. The lowest BCUT2D eigenvalue weighted by Gasteiger charge is -2.07. The van der Waals surface area contributed by atoms with Crippen molar-refractivity contribution in [3.8, 4) is 5.75 Å². The Morgan fingerprint density at radius 3 is 2.80 bits per heavy atom. The molecule has 0 aliphatic heterocycles. The summed E-state index contributed by atoms with van der Waals surface area (Å²) in [6.07, 6.45) is 0.214. The lowest BCUT2D eigenvalue weighted by molar-refractivity contribution is -0.116. The fraction of sp³-hybridized carbons (Fsp3) is 0.231. The van der Waals surface area contributed by atoms with Gasteiger partial charge >= 0.3 is 0 Å². The number of anilines is 1. The van der Waals surface area contributed by atoms with E-state index in [1.807, 2.05) is 6.92 Å². The minimum Gasteiger partial charge on any atom is -0.493 e. The van der Waals surface area contributed by atoms with Crippen molar-refractivity contribution < 1.29 is 9.53 Å². The molecule has 0 unspecified atom stereocenters. The van der Waals surface area contributed by atoms with Gasteiger partial charge in [0.15, 0.2) is 5.82 Å². The van der Waals surface area contributed by atoms with E-state index in [9.17, 15) is 4.79 Å². The highest BCUT2D eigenvalue weighted by Gasteiger charge is 2.06. The van der Waals surface area contributed by atoms with E-state index in [1.165, 1.54) is 0 Å². The van der Waals surface area contributed by atoms with Crippen LogP contribution in [0.15, 0.2) is 24.3 Å². The van der Waals surface area contributed by atoms with Crippen molar-refractivity contribution in [1.82, 2.24) is 10.2 Å². The second-order valence-corrected chi connectivity index (χ2v) is 4.97. The van der Waals surface area contributed by atoms with E-state index in [4.69, 9.17) is 27.9 Å². The van der Waals surface area contributed by atoms with Crippen molar-refractivity contribution in [2.75, 3.05) is 11.9 Å². The molecule has 1 aromatic heterocycles. The van der Waals surface area contributed by atoms with Crippen LogP contribution in [-0.4, -0.2) is 22.7 Å². The second kappa shape index (κ2) is 6.63. The number of amides is 1. The fourth-order valence-corrected chi connectivity index (χ4v) is 1.80. The molecule has 1 amide bonds. The molecule has 20 heavy (non-hydrogen) atoms. The summed E-state index contributed by atoms with van der Waals surface area (Å²) in [4.78, 5) is 11.6. The van der Waals surface area contributed by atoms with Crippen LogP contribution in [0.3, 0.4) is 0 Å². The van der Waals surface area contributed by atoms with Crippen LogP contribution >= 0.6 is 23.2 Å². The molecule has 0 atom stereocenters. The minimum atomic E-state index is -0.170. The van der Waals surface area contributed by atoms with E-state index in [1.54, 1.807) is 24.3 Å². The molecule has 0 spiro atoms. The van der Waals surface area contributed by atoms with Gasteiger partial charge in [-0.25, -0.2) is 0 Å². The summed E-state index contributed by atoms with van der Waals surface area (Å²) in [6.45, 7) is 2.10. The number of rotatable bonds is 5. The number of carbonyl (C=O) groups is 1. The van der Waals surface area contributed by atoms with Crippen LogP contribution in [0.25, 0.3) is 0 Å². The molecule has 2 rings (SSSR count). The Bertz CT molecular complexity index is 613. The van der Waals surface area contributed by atoms with Crippen molar-refractivity contribution in [3.05, 3.63) is 40.0 Å². The molecule has 5 nitrogen and oxygen atoms in total. The highest BCUT2D eigenvalue weighted by molar-refractivity contribution is 6.42. The number of benzene rings is 1. The third kappa shape index (κ3) is 4.15. The first-order valence-corrected chi connectivity index (χ1v) is 6.70. The number of H-pyrrole nitrogens is 1. The Morgan fingerprint density at radius 2 is 2.15 bits per heavy atom. The number of nitrogens with zero attached hydrogens (tertiary/aromatic N) is 1. The number of nitrogens with one attached hydrogen (secondary N) is 2. The van der Waals surface area contributed by atoms with Gasteiger partial charge in [-0.1, -0.05) is 23.2 Å². The van der Waals surface area contributed by atoms with Crippen LogP contribution in [0.1, 0.15) is 12.1 Å². The Morgan fingerprint density at radius 1 is 1.35 bits per heavy atom. The average molecular weight is 314 g/mol. The number of hydrogen-bond donors (Lipinski definition) is 2. The number of halogens is 2. The van der Waals surface area contributed by atoms with Crippen LogP contribution in [0, 0.1) is 6.92 Å². The van der Waals surface area contributed by atoms with E-state index in [2.05, 4.69) is 15.5 Å². The number of aromatic nitrogens is 2. The normalized spacial score (nSPS) is 10.3. The lowest BCUT2D eigenvalue weighted by Crippen LogP contribution is -2.15. The van der Waals surface area contributed by atoms with Gasteiger partial charge in [0.2, 0.25) is 5.91 Å². The number of hydrogen-bond acceptors (Lipinski definition) is 3. The molecule has 0 aliphatic rings. The molecular weight excluding hydrogens is 301 g/mol. The minimum absolute atomic E-state index is 0.170. The quantitative estimate of drug-likeness (QED) is 0.888. The molecule has 2 aromatic rings. The zero-order valence-corrected chi connectivity index (χ0v) is 12.3. The summed E-state index contributed by atoms with van der Waals surface area (Å²) < 4.78 is 5.42. The number of ether oxygens (including phenoxy) is 1. The lowest BCUT2D eigenvalue weighted by atomic mass is 10.3. The Labute approximate surface area is 126 Å². The van der Waals surface area contributed by atoms with Crippen LogP contribution in [0.5, 0.6) is 5.75 Å². The third-order valence-electron chi connectivity index (χ3n) is 2.46. The summed E-state index contributed by atoms with van der Waals surface area (Å²) in [5, 5.41) is 10.2. The monoisotopic (exact) mass is 313 g/mol. The average Bonchev–Trinajstić information content (AvgIpc) is 2.79. The van der Waals surface area contributed by atoms with Gasteiger partial charge in [-0.3, -0.25) is 9.89 Å². The Kier molecular flexibility index (Phi) is 4.87. The molecular formula is C13H13Cl2N3O2. The van der Waals surface area contributed by atoms with Crippen LogP contribution < -0.4 is 10.1 Å². The smallest absolute Gasteiger partial charge is 0.229 e. The molecule has 7 heteroatoms. The van der Waals surface area contributed by atoms with Crippen molar-refractivity contribution >= 4 is 34.9 Å². The summed E-state index contributed by atoms with van der Waals surface area (Å²) in [5.74, 6) is 0.904. The number of carbonyl (C=O) groups excluding carboxylic acids is 1. The first kappa shape index (κ1) is 14.7. The predicted octanol–water partition coefficient (Wildman–Crippen LogP) is 3.43. The van der Waals surface area contributed by atoms with E-state index >= 15 is 0 Å². The summed E-state index contributed by atoms with van der Waals surface area (Å²) in [5.41, 5.74) is 0.882. The van der Waals surface area contributed by atoms with Gasteiger partial charge in [0.25, 0.3) is 0 Å². The zero-order valence-electron chi connectivity index (χ0n) is 10.7. The van der Waals surface area contributed by atoms with E-state index < -0.39 is 0 Å². The third-order valence-corrected chi connectivity index (χ3v) is 3.20. The highest BCUT2D eigenvalue weighted by Crippen LogP contribution is 2.26. The molecule has 1 heterocycles. The largest absolute Gasteiger partial charge is 0.493 e. The van der Waals surface area contributed by atoms with Gasteiger partial charge in [-0.2, -0.15) is 5.10 Å². The molecule has 0 saturated heterocycles. The standard InChI is InChI=1S/C13H13Cl2N3O2/c1-8-6-12(18-17-8)16-13(19)4-5-20-9-2-3-10(14)11(15)7-9/h2-3,6-7H,4-5H2,1H3,(H2,16,17,18,19). The molecule has 1 aromatic carbocycles. The molecule has 0 bridgehead atoms. The van der Waals surface area contributed by atoms with Crippen molar-refractivity contribution in [1.29, 1.82) is 0 Å². The summed E-state index contributed by atoms with van der Waals surface area (Å²) >= 11 is 11.7. The van der Waals surface area contributed by atoms with Crippen molar-refractivity contribution in [2.24, 2.45) is 0 Å². The molecule has 0 radical (unpaired) electrons. The van der Waals surface area contributed by atoms with Gasteiger partial charge in [-0.05, 0) is 19.1 Å². The molecule has 0 fully saturated rings. The van der Waals surface area contributed by atoms with Crippen molar-refractivity contribution in [2.45, 2.75) is 13.3 Å². The van der Waals surface area contributed by atoms with Crippen LogP contribution in [0.2, 0.25) is 10.0 Å². The SMILES string of the molecule is Cc1cc(NC(=O)CCOc2ccc(Cl)c(Cl)c2)n[nH]1. The topological polar surface area (TPSA) is 67.0 Å². The number of aryl methyl sites for hydroxylation is 1. The van der Waals surface area contributed by atoms with E-state index in [0.717, 1.165) is 5.69 Å². The molecule has 0 saturated carbocycles. The van der Waals surface area contributed by atoms with Gasteiger partial charge < -0.3 is 10.1 Å². The summed E-state index contributed by atoms with van der Waals surface area (Å²) in [6, 6.07) is 6.70. The van der Waals surface area contributed by atoms with Gasteiger partial charge in [0.05, 0.1) is 23.1 Å². The first-order chi connectivity index (χ1) is 9.54. The van der Waals surface area contributed by atoms with Crippen LogP contribution in [0.4, 0.5) is 5.82 Å². The highest BCUT2D eigenvalue weighted by atomic mass is 35.5. The maximum Gasteiger partial charge on any atom is 0.229 e. The van der Waals surface area contributed by atoms with Crippen LogP contribution in [-0.2, 0) is 4.79 Å². The van der Waals surface area contributed by atoms with Crippen molar-refractivity contribution in [3.63, 3.8) is 0 Å². The van der Waals surface area contributed by atoms with Gasteiger partial charge in [-0.15, -0.1) is 0 Å². The summed E-state index contributed by atoms with van der Waals surface area (Å²) in [7, 11) is 0. The molecule has 0 aliphatic carbocycles. The molecule has 106 valence electrons. The molecule has 2 N–H and O–H groups in total. The van der Waals surface area contributed by atoms with Gasteiger partial charge in [0.1, 0.15) is 5.75 Å². The Balaban J connectivity index is 1.77. The maximum absolute atomic E-state index is 11.6. The Hall–Kier alpha value is -1.72. The fourth-order valence-electron chi connectivity index (χ4n) is 1.52. The second-order valence-electron chi connectivity index (χ2n) is 4.16. The van der Waals surface area contributed by atoms with E-state index in [-0.39, 0.29) is 18.9 Å².